The SMILES string of the molecule is CCc1ccc(C(=O)OC)cc1S(=O)(=O)Nc1cc(S(C)(=O)=O)ccc1C1CCCNC1. The second-order valence-corrected chi connectivity index (χ2v) is 11.5. The normalized spacial score (nSPS) is 17.0. The van der Waals surface area contributed by atoms with Crippen LogP contribution in [0.3, 0.4) is 0 Å². The molecule has 1 atom stereocenters. The van der Waals surface area contributed by atoms with Crippen molar-refractivity contribution in [3.63, 3.8) is 0 Å². The minimum atomic E-state index is -4.12. The first-order valence-electron chi connectivity index (χ1n) is 10.4. The predicted molar refractivity (Wildman–Crippen MR) is 122 cm³/mol. The number of hydrogen-bond acceptors (Lipinski definition) is 7. The summed E-state index contributed by atoms with van der Waals surface area (Å²) >= 11 is 0. The number of benzene rings is 2. The summed E-state index contributed by atoms with van der Waals surface area (Å²) in [7, 11) is -6.43. The van der Waals surface area contributed by atoms with Gasteiger partial charge in [-0.3, -0.25) is 4.72 Å². The Morgan fingerprint density at radius 1 is 1.16 bits per heavy atom. The molecule has 174 valence electrons. The summed E-state index contributed by atoms with van der Waals surface area (Å²) < 4.78 is 58.4. The first-order valence-corrected chi connectivity index (χ1v) is 13.7. The second kappa shape index (κ2) is 9.60. The zero-order valence-electron chi connectivity index (χ0n) is 18.3. The van der Waals surface area contributed by atoms with E-state index >= 15 is 0 Å². The fourth-order valence-electron chi connectivity index (χ4n) is 3.87. The topological polar surface area (TPSA) is 119 Å². The van der Waals surface area contributed by atoms with Crippen molar-refractivity contribution in [3.8, 4) is 0 Å². The Bertz CT molecular complexity index is 1220. The first kappa shape index (κ1) is 24.2. The highest BCUT2D eigenvalue weighted by atomic mass is 32.2. The number of methoxy groups -OCH3 is 1. The summed E-state index contributed by atoms with van der Waals surface area (Å²) in [5.41, 5.74) is 1.61. The lowest BCUT2D eigenvalue weighted by Crippen LogP contribution is -2.29. The zero-order chi connectivity index (χ0) is 23.5. The summed E-state index contributed by atoms with van der Waals surface area (Å²) in [6.45, 7) is 3.37. The number of aryl methyl sites for hydroxylation is 1. The molecule has 2 aromatic carbocycles. The number of piperidine rings is 1. The van der Waals surface area contributed by atoms with Gasteiger partial charge in [-0.25, -0.2) is 21.6 Å². The van der Waals surface area contributed by atoms with Gasteiger partial charge in [-0.2, -0.15) is 0 Å². The van der Waals surface area contributed by atoms with Crippen molar-refractivity contribution in [3.05, 3.63) is 53.1 Å². The molecule has 0 radical (unpaired) electrons. The van der Waals surface area contributed by atoms with Crippen molar-refractivity contribution in [2.24, 2.45) is 0 Å². The van der Waals surface area contributed by atoms with E-state index in [1.165, 1.54) is 31.4 Å². The van der Waals surface area contributed by atoms with Crippen molar-refractivity contribution in [2.75, 3.05) is 31.2 Å². The van der Waals surface area contributed by atoms with Crippen molar-refractivity contribution in [1.29, 1.82) is 0 Å². The van der Waals surface area contributed by atoms with E-state index in [2.05, 4.69) is 10.0 Å². The van der Waals surface area contributed by atoms with Gasteiger partial charge < -0.3 is 10.1 Å². The molecule has 32 heavy (non-hydrogen) atoms. The summed E-state index contributed by atoms with van der Waals surface area (Å²) in [6.07, 6.45) is 3.31. The number of hydrogen-bond donors (Lipinski definition) is 2. The predicted octanol–water partition coefficient (Wildman–Crippen LogP) is 2.71. The highest BCUT2D eigenvalue weighted by Gasteiger charge is 2.25. The third kappa shape index (κ3) is 5.31. The molecule has 1 unspecified atom stereocenters. The highest BCUT2D eigenvalue weighted by Crippen LogP contribution is 2.33. The number of sulfonamides is 1. The van der Waals surface area contributed by atoms with Crippen LogP contribution < -0.4 is 10.0 Å². The fourth-order valence-corrected chi connectivity index (χ4v) is 5.93. The van der Waals surface area contributed by atoms with Crippen LogP contribution in [0.25, 0.3) is 0 Å². The zero-order valence-corrected chi connectivity index (χ0v) is 20.0. The van der Waals surface area contributed by atoms with Crippen LogP contribution >= 0.6 is 0 Å². The quantitative estimate of drug-likeness (QED) is 0.585. The van der Waals surface area contributed by atoms with Crippen LogP contribution in [0, 0.1) is 0 Å². The van der Waals surface area contributed by atoms with E-state index in [1.54, 1.807) is 12.1 Å². The number of rotatable bonds is 7. The highest BCUT2D eigenvalue weighted by molar-refractivity contribution is 7.92. The Morgan fingerprint density at radius 3 is 2.50 bits per heavy atom. The molecule has 1 aliphatic rings. The Labute approximate surface area is 189 Å². The van der Waals surface area contributed by atoms with Gasteiger partial charge in [-0.05, 0) is 67.1 Å². The van der Waals surface area contributed by atoms with Gasteiger partial charge in [-0.1, -0.05) is 19.1 Å². The minimum absolute atomic E-state index is 0.0294. The average Bonchev–Trinajstić information content (AvgIpc) is 2.77. The van der Waals surface area contributed by atoms with E-state index in [0.717, 1.165) is 31.2 Å². The third-order valence-electron chi connectivity index (χ3n) is 5.59. The molecule has 0 saturated carbocycles. The van der Waals surface area contributed by atoms with Gasteiger partial charge >= 0.3 is 5.97 Å². The van der Waals surface area contributed by atoms with Crippen molar-refractivity contribution in [2.45, 2.75) is 41.9 Å². The summed E-state index contributed by atoms with van der Waals surface area (Å²) in [6, 6.07) is 8.94. The first-order chi connectivity index (χ1) is 15.1. The fraction of sp³-hybridized carbons (Fsp3) is 0.409. The van der Waals surface area contributed by atoms with Gasteiger partial charge in [0.05, 0.1) is 28.2 Å². The lowest BCUT2D eigenvalue weighted by molar-refractivity contribution is 0.0600. The van der Waals surface area contributed by atoms with Crippen LogP contribution in [-0.4, -0.2) is 49.3 Å². The second-order valence-electron chi connectivity index (χ2n) is 7.84. The van der Waals surface area contributed by atoms with E-state index < -0.39 is 25.8 Å². The number of sulfone groups is 1. The number of carbonyl (C=O) groups excluding carboxylic acids is 1. The summed E-state index contributed by atoms with van der Waals surface area (Å²) in [5.74, 6) is -0.598. The average molecular weight is 481 g/mol. The van der Waals surface area contributed by atoms with Gasteiger partial charge in [0.2, 0.25) is 0 Å². The Balaban J connectivity index is 2.10. The standard InChI is InChI=1S/C22H28N2O6S2/c1-4-15-7-8-16(22(25)30-2)12-21(15)32(28,29)24-20-13-18(31(3,26)27)9-10-19(20)17-6-5-11-23-14-17/h7-10,12-13,17,23-24H,4-6,11,14H2,1-3H3. The van der Waals surface area contributed by atoms with Gasteiger partial charge in [0, 0.05) is 12.8 Å². The maximum absolute atomic E-state index is 13.4. The number of anilines is 1. The van der Waals surface area contributed by atoms with E-state index in [9.17, 15) is 21.6 Å². The summed E-state index contributed by atoms with van der Waals surface area (Å²) in [5, 5.41) is 3.30. The number of esters is 1. The number of nitrogens with one attached hydrogen (secondary N) is 2. The third-order valence-corrected chi connectivity index (χ3v) is 8.15. The van der Waals surface area contributed by atoms with Crippen molar-refractivity contribution < 1.29 is 26.4 Å². The molecule has 0 bridgehead atoms. The molecule has 0 spiro atoms. The summed E-state index contributed by atoms with van der Waals surface area (Å²) in [4.78, 5) is 11.9. The van der Waals surface area contributed by atoms with Crippen molar-refractivity contribution >= 4 is 31.5 Å². The molecule has 0 aromatic heterocycles. The van der Waals surface area contributed by atoms with Crippen molar-refractivity contribution in [1.82, 2.24) is 5.32 Å². The lowest BCUT2D eigenvalue weighted by Gasteiger charge is -2.26. The van der Waals surface area contributed by atoms with Gasteiger partial charge in [0.15, 0.2) is 9.84 Å². The molecule has 0 amide bonds. The maximum Gasteiger partial charge on any atom is 0.337 e. The van der Waals surface area contributed by atoms with Gasteiger partial charge in [0.1, 0.15) is 0 Å². The van der Waals surface area contributed by atoms with Crippen LogP contribution in [-0.2, 0) is 31.0 Å². The molecular formula is C22H28N2O6S2. The molecule has 10 heteroatoms. The van der Waals surface area contributed by atoms with E-state index in [1.807, 2.05) is 6.92 Å². The maximum atomic E-state index is 13.4. The Morgan fingerprint density at radius 2 is 1.91 bits per heavy atom. The molecule has 1 aliphatic heterocycles. The smallest absolute Gasteiger partial charge is 0.337 e. The Kier molecular flexibility index (Phi) is 7.26. The molecule has 2 N–H and O–H groups in total. The van der Waals surface area contributed by atoms with Gasteiger partial charge in [-0.15, -0.1) is 0 Å². The van der Waals surface area contributed by atoms with E-state index in [0.29, 0.717) is 18.5 Å². The molecule has 0 aliphatic carbocycles. The molecule has 1 heterocycles. The monoisotopic (exact) mass is 480 g/mol. The van der Waals surface area contributed by atoms with Crippen LogP contribution in [0.5, 0.6) is 0 Å². The van der Waals surface area contributed by atoms with Crippen LogP contribution in [0.1, 0.15) is 47.2 Å². The molecular weight excluding hydrogens is 452 g/mol. The van der Waals surface area contributed by atoms with E-state index in [-0.39, 0.29) is 27.0 Å². The molecule has 1 fully saturated rings. The lowest BCUT2D eigenvalue weighted by atomic mass is 9.90. The van der Waals surface area contributed by atoms with Crippen LogP contribution in [0.4, 0.5) is 5.69 Å². The largest absolute Gasteiger partial charge is 0.465 e. The Hall–Kier alpha value is -2.43. The van der Waals surface area contributed by atoms with Crippen LogP contribution in [0.15, 0.2) is 46.2 Å². The number of ether oxygens (including phenoxy) is 1. The van der Waals surface area contributed by atoms with Crippen LogP contribution in [0.2, 0.25) is 0 Å². The molecule has 1 saturated heterocycles. The minimum Gasteiger partial charge on any atom is -0.465 e. The molecule has 8 nitrogen and oxygen atoms in total. The van der Waals surface area contributed by atoms with E-state index in [4.69, 9.17) is 4.74 Å². The molecule has 2 aromatic rings. The molecule has 3 rings (SSSR count). The van der Waals surface area contributed by atoms with Gasteiger partial charge in [0.25, 0.3) is 10.0 Å². The number of carbonyl (C=O) groups is 1.